The van der Waals surface area contributed by atoms with Gasteiger partial charge in [-0.15, -0.1) is 24.0 Å². The predicted octanol–water partition coefficient (Wildman–Crippen LogP) is 2.88. The second kappa shape index (κ2) is 12.0. The maximum atomic E-state index is 12.6. The molecule has 0 saturated carbocycles. The number of ether oxygens (including phenoxy) is 1. The first-order valence-electron chi connectivity index (χ1n) is 7.15. The molecule has 134 valence electrons. The fourth-order valence-corrected chi connectivity index (χ4v) is 1.65. The quantitative estimate of drug-likeness (QED) is 0.236. The Bertz CT molecular complexity index is 580. The molecule has 0 aliphatic rings. The molecule has 0 atom stereocenters. The van der Waals surface area contributed by atoms with E-state index in [9.17, 15) is 13.2 Å². The monoisotopic (exact) mass is 455 g/mol. The minimum atomic E-state index is -4.36. The van der Waals surface area contributed by atoms with Crippen LogP contribution in [-0.2, 0) is 10.9 Å². The lowest BCUT2D eigenvalue weighted by atomic mass is 10.1. The lowest BCUT2D eigenvalue weighted by Gasteiger charge is -2.09. The number of hydrogen-bond donors (Lipinski definition) is 2. The Labute approximate surface area is 157 Å². The number of rotatable bonds is 5. The Morgan fingerprint density at radius 2 is 2.04 bits per heavy atom. The minimum absolute atomic E-state index is 0. The second-order valence-electron chi connectivity index (χ2n) is 4.43. The van der Waals surface area contributed by atoms with Crippen LogP contribution in [0.1, 0.15) is 18.1 Å². The third-order valence-corrected chi connectivity index (χ3v) is 2.73. The molecule has 0 spiro atoms. The van der Waals surface area contributed by atoms with Crippen LogP contribution in [0.25, 0.3) is 0 Å². The van der Waals surface area contributed by atoms with E-state index in [0.29, 0.717) is 31.3 Å². The Kier molecular flexibility index (Phi) is 11.2. The first-order valence-corrected chi connectivity index (χ1v) is 7.15. The Balaban J connectivity index is 0.00000529. The van der Waals surface area contributed by atoms with Crippen LogP contribution >= 0.6 is 24.0 Å². The van der Waals surface area contributed by atoms with E-state index in [1.807, 2.05) is 6.92 Å². The summed E-state index contributed by atoms with van der Waals surface area (Å²) in [7, 11) is 1.62. The molecule has 8 heteroatoms. The van der Waals surface area contributed by atoms with Crippen molar-refractivity contribution in [3.63, 3.8) is 0 Å². The first-order chi connectivity index (χ1) is 11.0. The van der Waals surface area contributed by atoms with Crippen LogP contribution < -0.4 is 10.6 Å². The normalized spacial score (nSPS) is 11.1. The predicted molar refractivity (Wildman–Crippen MR) is 99.6 cm³/mol. The van der Waals surface area contributed by atoms with E-state index < -0.39 is 11.7 Å². The zero-order chi connectivity index (χ0) is 17.1. The van der Waals surface area contributed by atoms with Crippen LogP contribution in [0.3, 0.4) is 0 Å². The molecule has 0 bridgehead atoms. The molecule has 24 heavy (non-hydrogen) atoms. The highest BCUT2D eigenvalue weighted by Gasteiger charge is 2.30. The third-order valence-electron chi connectivity index (χ3n) is 2.73. The number of halogens is 4. The van der Waals surface area contributed by atoms with E-state index in [1.165, 1.54) is 12.1 Å². The average Bonchev–Trinajstić information content (AvgIpc) is 2.53. The van der Waals surface area contributed by atoms with Gasteiger partial charge in [0.1, 0.15) is 0 Å². The Hall–Kier alpha value is -1.47. The fraction of sp³-hybridized carbons (Fsp3) is 0.438. The molecule has 0 radical (unpaired) electrons. The number of aliphatic imine (C=N–C) groups is 1. The summed E-state index contributed by atoms with van der Waals surface area (Å²) in [6.45, 7) is 4.00. The number of nitrogens with one attached hydrogen (secondary N) is 2. The van der Waals surface area contributed by atoms with E-state index in [1.54, 1.807) is 7.05 Å². The number of benzene rings is 1. The smallest absolute Gasteiger partial charge is 0.380 e. The topological polar surface area (TPSA) is 45.6 Å². The molecule has 1 aromatic carbocycles. The van der Waals surface area contributed by atoms with Gasteiger partial charge in [0, 0.05) is 25.8 Å². The van der Waals surface area contributed by atoms with Crippen LogP contribution in [0.5, 0.6) is 0 Å². The summed E-state index contributed by atoms with van der Waals surface area (Å²) in [6, 6.07) is 4.93. The summed E-state index contributed by atoms with van der Waals surface area (Å²) in [5, 5.41) is 5.98. The van der Waals surface area contributed by atoms with Crippen molar-refractivity contribution in [3.8, 4) is 11.8 Å². The molecule has 0 fully saturated rings. The summed E-state index contributed by atoms with van der Waals surface area (Å²) in [5.41, 5.74) is -0.383. The maximum absolute atomic E-state index is 12.6. The van der Waals surface area contributed by atoms with Gasteiger partial charge in [-0.3, -0.25) is 4.99 Å². The van der Waals surface area contributed by atoms with Gasteiger partial charge in [0.25, 0.3) is 0 Å². The Morgan fingerprint density at radius 3 is 2.67 bits per heavy atom. The summed E-state index contributed by atoms with van der Waals surface area (Å²) in [4.78, 5) is 4.00. The molecule has 0 saturated heterocycles. The summed E-state index contributed by atoms with van der Waals surface area (Å²) >= 11 is 0. The molecule has 0 heterocycles. The number of guanidine groups is 1. The lowest BCUT2D eigenvalue weighted by Crippen LogP contribution is -2.39. The molecule has 0 unspecified atom stereocenters. The fourth-order valence-electron chi connectivity index (χ4n) is 1.65. The molecule has 1 aromatic rings. The average molecular weight is 455 g/mol. The molecule has 4 nitrogen and oxygen atoms in total. The van der Waals surface area contributed by atoms with Gasteiger partial charge in [0.05, 0.1) is 18.7 Å². The van der Waals surface area contributed by atoms with Gasteiger partial charge in [-0.25, -0.2) is 0 Å². The largest absolute Gasteiger partial charge is 0.416 e. The molecular formula is C16H21F3IN3O. The highest BCUT2D eigenvalue weighted by atomic mass is 127. The van der Waals surface area contributed by atoms with Crippen molar-refractivity contribution in [3.05, 3.63) is 35.4 Å². The second-order valence-corrected chi connectivity index (χ2v) is 4.43. The number of alkyl halides is 3. The minimum Gasteiger partial charge on any atom is -0.380 e. The molecule has 0 aromatic heterocycles. The first kappa shape index (κ1) is 22.5. The van der Waals surface area contributed by atoms with Crippen LogP contribution in [-0.4, -0.2) is 39.3 Å². The van der Waals surface area contributed by atoms with E-state index in [-0.39, 0.29) is 30.5 Å². The van der Waals surface area contributed by atoms with Gasteiger partial charge in [-0.1, -0.05) is 17.9 Å². The highest BCUT2D eigenvalue weighted by molar-refractivity contribution is 14.0. The van der Waals surface area contributed by atoms with Crippen molar-refractivity contribution in [1.82, 2.24) is 10.6 Å². The molecular weight excluding hydrogens is 434 g/mol. The molecule has 0 aliphatic heterocycles. The zero-order valence-corrected chi connectivity index (χ0v) is 15.9. The molecule has 2 N–H and O–H groups in total. The Morgan fingerprint density at radius 1 is 1.29 bits per heavy atom. The van der Waals surface area contributed by atoms with Crippen molar-refractivity contribution in [2.45, 2.75) is 13.1 Å². The summed E-state index contributed by atoms with van der Waals surface area (Å²) in [6.07, 6.45) is -4.36. The third kappa shape index (κ3) is 8.98. The number of hydrogen-bond acceptors (Lipinski definition) is 2. The zero-order valence-electron chi connectivity index (χ0n) is 13.5. The van der Waals surface area contributed by atoms with E-state index in [0.717, 1.165) is 12.1 Å². The SMILES string of the molecule is CCOCCNC(=NC)NCC#Cc1cccc(C(F)(F)F)c1.I. The van der Waals surface area contributed by atoms with E-state index in [2.05, 4.69) is 27.5 Å². The van der Waals surface area contributed by atoms with Crippen LogP contribution in [0.2, 0.25) is 0 Å². The lowest BCUT2D eigenvalue weighted by molar-refractivity contribution is -0.137. The van der Waals surface area contributed by atoms with E-state index in [4.69, 9.17) is 4.74 Å². The molecule has 1 rings (SSSR count). The van der Waals surface area contributed by atoms with Gasteiger partial charge in [0.15, 0.2) is 5.96 Å². The van der Waals surface area contributed by atoms with Gasteiger partial charge >= 0.3 is 6.18 Å². The molecule has 0 amide bonds. The van der Waals surface area contributed by atoms with Crippen LogP contribution in [0.15, 0.2) is 29.3 Å². The summed E-state index contributed by atoms with van der Waals surface area (Å²) < 4.78 is 42.9. The molecule has 0 aliphatic carbocycles. The van der Waals surface area contributed by atoms with Gasteiger partial charge in [0.2, 0.25) is 0 Å². The maximum Gasteiger partial charge on any atom is 0.416 e. The van der Waals surface area contributed by atoms with Gasteiger partial charge in [-0.05, 0) is 25.1 Å². The van der Waals surface area contributed by atoms with Crippen molar-refractivity contribution >= 4 is 29.9 Å². The summed E-state index contributed by atoms with van der Waals surface area (Å²) in [5.74, 6) is 6.02. The van der Waals surface area contributed by atoms with Crippen molar-refractivity contribution < 1.29 is 17.9 Å². The highest BCUT2D eigenvalue weighted by Crippen LogP contribution is 2.29. The van der Waals surface area contributed by atoms with Gasteiger partial charge in [-0.2, -0.15) is 13.2 Å². The number of nitrogens with zero attached hydrogens (tertiary/aromatic N) is 1. The van der Waals surface area contributed by atoms with Gasteiger partial charge < -0.3 is 15.4 Å². The van der Waals surface area contributed by atoms with Crippen molar-refractivity contribution in [2.75, 3.05) is 33.4 Å². The van der Waals surface area contributed by atoms with Crippen molar-refractivity contribution in [1.29, 1.82) is 0 Å². The standard InChI is InChI=1S/C16H20F3N3O.HI/c1-3-23-11-10-22-15(20-2)21-9-5-7-13-6-4-8-14(12-13)16(17,18)19;/h4,6,8,12H,3,9-11H2,1-2H3,(H2,20,21,22);1H. The van der Waals surface area contributed by atoms with Crippen molar-refractivity contribution in [2.24, 2.45) is 4.99 Å². The van der Waals surface area contributed by atoms with Crippen LogP contribution in [0.4, 0.5) is 13.2 Å². The van der Waals surface area contributed by atoms with Crippen LogP contribution in [0, 0.1) is 11.8 Å². The van der Waals surface area contributed by atoms with E-state index >= 15 is 0 Å².